The van der Waals surface area contributed by atoms with Gasteiger partial charge in [-0.05, 0) is 48.5 Å². The molecule has 0 aliphatic carbocycles. The number of carbonyl (C=O) groups excluding carboxylic acids is 1. The van der Waals surface area contributed by atoms with Crippen molar-refractivity contribution >= 4 is 17.3 Å². The number of nitrogens with one attached hydrogen (secondary N) is 1. The Kier molecular flexibility index (Phi) is 3.46. The molecule has 0 fully saturated rings. The average molecular weight is 319 g/mol. The summed E-state index contributed by atoms with van der Waals surface area (Å²) in [6.45, 7) is 0. The van der Waals surface area contributed by atoms with Gasteiger partial charge in [0.15, 0.2) is 6.17 Å². The molecule has 0 saturated heterocycles. The van der Waals surface area contributed by atoms with E-state index in [-0.39, 0.29) is 11.7 Å². The Morgan fingerprint density at radius 1 is 0.958 bits per heavy atom. The van der Waals surface area contributed by atoms with E-state index in [1.807, 2.05) is 36.4 Å². The molecule has 1 aliphatic heterocycles. The number of hydrogen-bond donors (Lipinski definition) is 1. The molecule has 118 valence electrons. The molecule has 4 rings (SSSR count). The van der Waals surface area contributed by atoms with Crippen molar-refractivity contribution in [3.05, 3.63) is 90.0 Å². The summed E-state index contributed by atoms with van der Waals surface area (Å²) in [7, 11) is 0. The van der Waals surface area contributed by atoms with Crippen LogP contribution in [0.2, 0.25) is 0 Å². The number of pyridine rings is 1. The van der Waals surface area contributed by atoms with Crippen molar-refractivity contribution in [3.8, 4) is 0 Å². The van der Waals surface area contributed by atoms with Crippen LogP contribution in [0.3, 0.4) is 0 Å². The van der Waals surface area contributed by atoms with Gasteiger partial charge in [-0.1, -0.05) is 18.2 Å². The first-order valence-electron chi connectivity index (χ1n) is 7.60. The molecule has 1 amide bonds. The Morgan fingerprint density at radius 2 is 1.71 bits per heavy atom. The zero-order valence-electron chi connectivity index (χ0n) is 12.7. The fourth-order valence-electron chi connectivity index (χ4n) is 2.87. The second-order valence-corrected chi connectivity index (χ2v) is 5.50. The number of fused-ring (bicyclic) bond motifs is 1. The molecule has 5 heteroatoms. The van der Waals surface area contributed by atoms with E-state index in [0.717, 1.165) is 5.69 Å². The predicted octanol–water partition coefficient (Wildman–Crippen LogP) is 3.99. The zero-order valence-corrected chi connectivity index (χ0v) is 12.7. The molecule has 3 aromatic rings. The largest absolute Gasteiger partial charge is 0.359 e. The first-order valence-corrected chi connectivity index (χ1v) is 7.60. The molecule has 0 unspecified atom stereocenters. The van der Waals surface area contributed by atoms with Crippen LogP contribution in [-0.4, -0.2) is 10.9 Å². The Balaban J connectivity index is 1.86. The number of halogens is 1. The number of carbonyl (C=O) groups is 1. The van der Waals surface area contributed by atoms with Gasteiger partial charge < -0.3 is 5.32 Å². The first-order chi connectivity index (χ1) is 11.7. The monoisotopic (exact) mass is 319 g/mol. The minimum atomic E-state index is -0.459. The predicted molar refractivity (Wildman–Crippen MR) is 90.3 cm³/mol. The minimum Gasteiger partial charge on any atom is -0.359 e. The molecule has 2 heterocycles. The highest BCUT2D eigenvalue weighted by molar-refractivity contribution is 6.12. The molecular formula is C19H14FN3O. The van der Waals surface area contributed by atoms with E-state index < -0.39 is 6.17 Å². The van der Waals surface area contributed by atoms with E-state index >= 15 is 0 Å². The number of hydrogen-bond acceptors (Lipinski definition) is 3. The van der Waals surface area contributed by atoms with Gasteiger partial charge in [0.25, 0.3) is 5.91 Å². The molecule has 0 spiro atoms. The smallest absolute Gasteiger partial charge is 0.262 e. The highest BCUT2D eigenvalue weighted by atomic mass is 19.1. The topological polar surface area (TPSA) is 45.2 Å². The number of nitrogens with zero attached hydrogens (tertiary/aromatic N) is 2. The van der Waals surface area contributed by atoms with Gasteiger partial charge in [0.05, 0.1) is 11.3 Å². The van der Waals surface area contributed by atoms with Crippen molar-refractivity contribution in [2.24, 2.45) is 0 Å². The third kappa shape index (κ3) is 2.40. The van der Waals surface area contributed by atoms with Gasteiger partial charge in [0.1, 0.15) is 5.82 Å². The van der Waals surface area contributed by atoms with Crippen LogP contribution >= 0.6 is 0 Å². The standard InChI is InChI=1S/C19H14FN3O/c20-13-8-10-14(11-9-13)23-18(17-7-3-4-12-21-17)22-16-6-2-1-5-15(16)19(23)24/h1-12,18,22H/t18-/m1/s1. The van der Waals surface area contributed by atoms with Crippen molar-refractivity contribution in [1.29, 1.82) is 0 Å². The van der Waals surface area contributed by atoms with Crippen LogP contribution in [0.4, 0.5) is 15.8 Å². The number of aromatic nitrogens is 1. The number of para-hydroxylation sites is 1. The molecule has 1 N–H and O–H groups in total. The zero-order chi connectivity index (χ0) is 16.5. The molecule has 1 atom stereocenters. The minimum absolute atomic E-state index is 0.147. The molecule has 0 saturated carbocycles. The molecule has 0 radical (unpaired) electrons. The van der Waals surface area contributed by atoms with Crippen molar-refractivity contribution in [3.63, 3.8) is 0 Å². The van der Waals surface area contributed by atoms with Crippen LogP contribution in [0.25, 0.3) is 0 Å². The SMILES string of the molecule is O=C1c2ccccc2N[C@@H](c2ccccn2)N1c1ccc(F)cc1. The summed E-state index contributed by atoms with van der Waals surface area (Å²) < 4.78 is 13.3. The molecule has 1 aromatic heterocycles. The lowest BCUT2D eigenvalue weighted by molar-refractivity contribution is 0.0974. The third-order valence-electron chi connectivity index (χ3n) is 4.00. The summed E-state index contributed by atoms with van der Waals surface area (Å²) in [6.07, 6.45) is 1.23. The van der Waals surface area contributed by atoms with Gasteiger partial charge in [-0.2, -0.15) is 0 Å². The van der Waals surface area contributed by atoms with Crippen molar-refractivity contribution in [2.75, 3.05) is 10.2 Å². The lowest BCUT2D eigenvalue weighted by Crippen LogP contribution is -2.43. The second kappa shape index (κ2) is 5.77. The van der Waals surface area contributed by atoms with Crippen LogP contribution in [0.5, 0.6) is 0 Å². The molecule has 2 aromatic carbocycles. The highest BCUT2D eigenvalue weighted by Gasteiger charge is 2.34. The average Bonchev–Trinajstić information content (AvgIpc) is 2.63. The van der Waals surface area contributed by atoms with E-state index in [9.17, 15) is 9.18 Å². The maximum Gasteiger partial charge on any atom is 0.262 e. The van der Waals surface area contributed by atoms with Crippen LogP contribution in [-0.2, 0) is 0 Å². The van der Waals surface area contributed by atoms with E-state index in [2.05, 4.69) is 10.3 Å². The maximum absolute atomic E-state index is 13.3. The molecule has 24 heavy (non-hydrogen) atoms. The summed E-state index contributed by atoms with van der Waals surface area (Å²) in [5.41, 5.74) is 2.66. The molecule has 1 aliphatic rings. The lowest BCUT2D eigenvalue weighted by Gasteiger charge is -2.37. The van der Waals surface area contributed by atoms with Crippen LogP contribution in [0, 0.1) is 5.82 Å². The van der Waals surface area contributed by atoms with E-state index in [1.54, 1.807) is 29.3 Å². The Hall–Kier alpha value is -3.21. The van der Waals surface area contributed by atoms with Crippen molar-refractivity contribution < 1.29 is 9.18 Å². The third-order valence-corrected chi connectivity index (χ3v) is 4.00. The quantitative estimate of drug-likeness (QED) is 0.777. The van der Waals surface area contributed by atoms with Gasteiger partial charge in [-0.15, -0.1) is 0 Å². The van der Waals surface area contributed by atoms with Gasteiger partial charge >= 0.3 is 0 Å². The number of amides is 1. The fourth-order valence-corrected chi connectivity index (χ4v) is 2.87. The maximum atomic E-state index is 13.3. The lowest BCUT2D eigenvalue weighted by atomic mass is 10.0. The number of anilines is 2. The first kappa shape index (κ1) is 14.4. The Labute approximate surface area is 138 Å². The van der Waals surface area contributed by atoms with Gasteiger partial charge in [-0.25, -0.2) is 4.39 Å². The molecule has 0 bridgehead atoms. The van der Waals surface area contributed by atoms with Crippen LogP contribution in [0.15, 0.2) is 72.9 Å². The fraction of sp³-hybridized carbons (Fsp3) is 0.0526. The summed E-state index contributed by atoms with van der Waals surface area (Å²) in [5, 5.41) is 3.36. The van der Waals surface area contributed by atoms with E-state index in [4.69, 9.17) is 0 Å². The summed E-state index contributed by atoms with van der Waals surface area (Å²) in [6, 6.07) is 18.8. The second-order valence-electron chi connectivity index (χ2n) is 5.50. The van der Waals surface area contributed by atoms with Crippen molar-refractivity contribution in [1.82, 2.24) is 4.98 Å². The summed E-state index contributed by atoms with van der Waals surface area (Å²) in [5.74, 6) is -0.488. The highest BCUT2D eigenvalue weighted by Crippen LogP contribution is 2.35. The van der Waals surface area contributed by atoms with Gasteiger partial charge in [0.2, 0.25) is 0 Å². The Morgan fingerprint density at radius 3 is 2.46 bits per heavy atom. The van der Waals surface area contributed by atoms with E-state index in [1.165, 1.54) is 12.1 Å². The van der Waals surface area contributed by atoms with E-state index in [0.29, 0.717) is 16.9 Å². The van der Waals surface area contributed by atoms with Crippen LogP contribution < -0.4 is 10.2 Å². The summed E-state index contributed by atoms with van der Waals surface area (Å²) in [4.78, 5) is 19.0. The summed E-state index contributed by atoms with van der Waals surface area (Å²) >= 11 is 0. The number of benzene rings is 2. The molecule has 4 nitrogen and oxygen atoms in total. The Bertz CT molecular complexity index is 881. The number of rotatable bonds is 2. The van der Waals surface area contributed by atoms with Crippen molar-refractivity contribution in [2.45, 2.75) is 6.17 Å². The van der Waals surface area contributed by atoms with Crippen LogP contribution in [0.1, 0.15) is 22.2 Å². The molecular weight excluding hydrogens is 305 g/mol. The van der Waals surface area contributed by atoms with Gasteiger partial charge in [-0.3, -0.25) is 14.7 Å². The van der Waals surface area contributed by atoms with Gasteiger partial charge in [0, 0.05) is 17.6 Å². The normalized spacial score (nSPS) is 16.5.